The zero-order valence-electron chi connectivity index (χ0n) is 14.7. The maximum absolute atomic E-state index is 12.1. The van der Waals surface area contributed by atoms with E-state index in [9.17, 15) is 13.2 Å². The van der Waals surface area contributed by atoms with Crippen LogP contribution in [-0.4, -0.2) is 70.6 Å². The van der Waals surface area contributed by atoms with Crippen LogP contribution in [0.2, 0.25) is 0 Å². The quantitative estimate of drug-likeness (QED) is 0.565. The van der Waals surface area contributed by atoms with Gasteiger partial charge in [-0.15, -0.1) is 0 Å². The molecule has 0 radical (unpaired) electrons. The fourth-order valence-electron chi connectivity index (χ4n) is 2.91. The van der Waals surface area contributed by atoms with Crippen molar-refractivity contribution < 1.29 is 22.7 Å². The van der Waals surface area contributed by atoms with Gasteiger partial charge in [-0.1, -0.05) is 12.1 Å². The molecule has 26 heavy (non-hydrogen) atoms. The Bertz CT molecular complexity index is 787. The minimum Gasteiger partial charge on any atom is -0.464 e. The number of sulfonamides is 1. The Morgan fingerprint density at radius 2 is 2.08 bits per heavy atom. The summed E-state index contributed by atoms with van der Waals surface area (Å²) in [5, 5.41) is 0. The molecule has 2 heterocycles. The molecule has 0 aromatic heterocycles. The van der Waals surface area contributed by atoms with Gasteiger partial charge in [0.1, 0.15) is 11.9 Å². The van der Waals surface area contributed by atoms with Gasteiger partial charge in [0, 0.05) is 31.6 Å². The third kappa shape index (κ3) is 4.22. The van der Waals surface area contributed by atoms with Gasteiger partial charge in [0.15, 0.2) is 0 Å². The second-order valence-electron chi connectivity index (χ2n) is 6.18. The summed E-state index contributed by atoms with van der Waals surface area (Å²) in [5.41, 5.74) is 0.574. The number of nitrogens with one attached hydrogen (secondary N) is 1. The zero-order chi connectivity index (χ0) is 18.6. The Labute approximate surface area is 153 Å². The number of aliphatic imine (C=N–C) groups is 1. The number of ether oxygens (including phenoxy) is 2. The number of benzene rings is 1. The van der Waals surface area contributed by atoms with Crippen molar-refractivity contribution in [2.45, 2.75) is 24.3 Å². The number of esters is 1. The zero-order valence-corrected chi connectivity index (χ0v) is 15.5. The molecule has 1 fully saturated rings. The van der Waals surface area contributed by atoms with Gasteiger partial charge in [0.2, 0.25) is 0 Å². The molecule has 2 aliphatic heterocycles. The van der Waals surface area contributed by atoms with Gasteiger partial charge in [-0.25, -0.2) is 8.42 Å². The number of rotatable bonds is 6. The lowest BCUT2D eigenvalue weighted by Crippen LogP contribution is -2.46. The monoisotopic (exact) mass is 381 g/mol. The lowest BCUT2D eigenvalue weighted by molar-refractivity contribution is -0.151. The van der Waals surface area contributed by atoms with E-state index in [0.29, 0.717) is 37.6 Å². The number of fused-ring (bicyclic) bond motifs is 1. The summed E-state index contributed by atoms with van der Waals surface area (Å²) in [6.45, 7) is 5.16. The molecule has 3 rings (SSSR count). The topological polar surface area (TPSA) is 97.3 Å². The summed E-state index contributed by atoms with van der Waals surface area (Å²) in [5.74, 6) is 0.0834. The lowest BCUT2D eigenvalue weighted by atomic mass is 10.2. The van der Waals surface area contributed by atoms with Crippen LogP contribution >= 0.6 is 0 Å². The van der Waals surface area contributed by atoms with Crippen LogP contribution in [0.3, 0.4) is 0 Å². The largest absolute Gasteiger partial charge is 0.464 e. The Hall–Kier alpha value is -1.97. The molecule has 0 aliphatic carbocycles. The van der Waals surface area contributed by atoms with Crippen LogP contribution in [-0.2, 0) is 24.3 Å². The first-order valence-electron chi connectivity index (χ1n) is 8.64. The molecule has 142 valence electrons. The van der Waals surface area contributed by atoms with E-state index in [0.717, 1.165) is 13.1 Å². The Balaban J connectivity index is 1.46. The van der Waals surface area contributed by atoms with Crippen LogP contribution in [0.4, 0.5) is 0 Å². The normalized spacial score (nSPS) is 21.8. The first kappa shape index (κ1) is 18.8. The minimum atomic E-state index is -3.52. The molecule has 9 heteroatoms. The molecule has 1 N–H and O–H groups in total. The van der Waals surface area contributed by atoms with E-state index < -0.39 is 10.0 Å². The third-order valence-electron chi connectivity index (χ3n) is 4.41. The summed E-state index contributed by atoms with van der Waals surface area (Å²) in [7, 11) is -3.52. The standard InChI is InChI=1S/C17H23N3O5S/c1-13(20-8-11-24-12-9-20)17(21)25-10-4-7-18-16-14-5-2-3-6-15(14)26(22,23)19-16/h2-3,5-6,13H,4,7-12H2,1H3,(H,18,19)/t13-/m0/s1. The van der Waals surface area contributed by atoms with Crippen LogP contribution in [0, 0.1) is 0 Å². The van der Waals surface area contributed by atoms with Crippen LogP contribution in [0.25, 0.3) is 0 Å². The maximum atomic E-state index is 12.1. The van der Waals surface area contributed by atoms with Gasteiger partial charge in [-0.3, -0.25) is 19.4 Å². The number of amidine groups is 1. The number of nitrogens with zero attached hydrogens (tertiary/aromatic N) is 2. The second kappa shape index (κ2) is 8.15. The highest BCUT2D eigenvalue weighted by molar-refractivity contribution is 7.90. The number of hydrogen-bond donors (Lipinski definition) is 1. The second-order valence-corrected chi connectivity index (χ2v) is 7.83. The van der Waals surface area contributed by atoms with Gasteiger partial charge in [0.05, 0.1) is 24.7 Å². The number of carbonyl (C=O) groups excluding carboxylic acids is 1. The van der Waals surface area contributed by atoms with E-state index in [1.54, 1.807) is 24.3 Å². The summed E-state index contributed by atoms with van der Waals surface area (Å²) < 4.78 is 37.0. The average molecular weight is 381 g/mol. The molecule has 1 saturated heterocycles. The number of carbonyl (C=O) groups is 1. The van der Waals surface area contributed by atoms with Gasteiger partial charge < -0.3 is 9.47 Å². The molecule has 0 saturated carbocycles. The van der Waals surface area contributed by atoms with Crippen molar-refractivity contribution in [3.05, 3.63) is 29.8 Å². The van der Waals surface area contributed by atoms with Crippen molar-refractivity contribution in [2.24, 2.45) is 4.99 Å². The van der Waals surface area contributed by atoms with Crippen molar-refractivity contribution in [2.75, 3.05) is 39.5 Å². The van der Waals surface area contributed by atoms with Gasteiger partial charge in [0.25, 0.3) is 10.0 Å². The fraction of sp³-hybridized carbons (Fsp3) is 0.529. The lowest BCUT2D eigenvalue weighted by Gasteiger charge is -2.30. The Morgan fingerprint density at radius 3 is 2.85 bits per heavy atom. The van der Waals surface area contributed by atoms with Gasteiger partial charge in [-0.05, 0) is 19.1 Å². The first-order valence-corrected chi connectivity index (χ1v) is 10.1. The number of hydrogen-bond acceptors (Lipinski definition) is 7. The molecule has 1 aromatic carbocycles. The Morgan fingerprint density at radius 1 is 1.35 bits per heavy atom. The van der Waals surface area contributed by atoms with E-state index in [-0.39, 0.29) is 23.5 Å². The molecular formula is C17H23N3O5S. The molecule has 0 unspecified atom stereocenters. The highest BCUT2D eigenvalue weighted by atomic mass is 32.2. The molecule has 1 aromatic rings. The highest BCUT2D eigenvalue weighted by Crippen LogP contribution is 2.22. The van der Waals surface area contributed by atoms with Gasteiger partial charge in [-0.2, -0.15) is 0 Å². The van der Waals surface area contributed by atoms with Crippen LogP contribution < -0.4 is 4.72 Å². The SMILES string of the molecule is C[C@@H](C(=O)OCCCN=C1NS(=O)(=O)c2ccccc21)N1CCOCC1. The third-order valence-corrected chi connectivity index (χ3v) is 5.81. The highest BCUT2D eigenvalue weighted by Gasteiger charge is 2.30. The smallest absolute Gasteiger partial charge is 0.323 e. The molecule has 1 atom stereocenters. The van der Waals surface area contributed by atoms with Crippen molar-refractivity contribution in [1.29, 1.82) is 0 Å². The van der Waals surface area contributed by atoms with E-state index >= 15 is 0 Å². The van der Waals surface area contributed by atoms with Gasteiger partial charge >= 0.3 is 5.97 Å². The molecule has 2 aliphatic rings. The molecule has 0 amide bonds. The van der Waals surface area contributed by atoms with E-state index in [2.05, 4.69) is 9.71 Å². The minimum absolute atomic E-state index is 0.240. The van der Waals surface area contributed by atoms with E-state index in [1.807, 2.05) is 11.8 Å². The molecule has 8 nitrogen and oxygen atoms in total. The molecule has 0 spiro atoms. The van der Waals surface area contributed by atoms with Crippen molar-refractivity contribution in [1.82, 2.24) is 9.62 Å². The predicted octanol–water partition coefficient (Wildman–Crippen LogP) is 0.379. The summed E-state index contributed by atoms with van der Waals surface area (Å²) in [6, 6.07) is 6.42. The molecular weight excluding hydrogens is 358 g/mol. The van der Waals surface area contributed by atoms with Crippen molar-refractivity contribution in [3.63, 3.8) is 0 Å². The molecule has 0 bridgehead atoms. The van der Waals surface area contributed by atoms with E-state index in [1.165, 1.54) is 0 Å². The van der Waals surface area contributed by atoms with Crippen LogP contribution in [0.15, 0.2) is 34.2 Å². The van der Waals surface area contributed by atoms with Crippen LogP contribution in [0.1, 0.15) is 18.9 Å². The average Bonchev–Trinajstić information content (AvgIpc) is 2.92. The van der Waals surface area contributed by atoms with Crippen molar-refractivity contribution in [3.8, 4) is 0 Å². The summed E-state index contributed by atoms with van der Waals surface area (Å²) in [6.07, 6.45) is 0.523. The van der Waals surface area contributed by atoms with Crippen LogP contribution in [0.5, 0.6) is 0 Å². The first-order chi connectivity index (χ1) is 12.5. The van der Waals surface area contributed by atoms with E-state index in [4.69, 9.17) is 9.47 Å². The fourth-order valence-corrected chi connectivity index (χ4v) is 4.16. The van der Waals surface area contributed by atoms with Crippen molar-refractivity contribution >= 4 is 21.8 Å². The Kier molecular flexibility index (Phi) is 5.90. The summed E-state index contributed by atoms with van der Waals surface area (Å²) >= 11 is 0. The number of morpholine rings is 1. The summed E-state index contributed by atoms with van der Waals surface area (Å²) in [4.78, 5) is 18.7. The maximum Gasteiger partial charge on any atom is 0.323 e. The predicted molar refractivity (Wildman–Crippen MR) is 95.6 cm³/mol.